The average Bonchev–Trinajstić information content (AvgIpc) is 2.44. The first-order valence-electron chi connectivity index (χ1n) is 6.87. The summed E-state index contributed by atoms with van der Waals surface area (Å²) in [5.41, 5.74) is 8.35. The molecule has 2 aromatic rings. The first kappa shape index (κ1) is 15.0. The van der Waals surface area contributed by atoms with Gasteiger partial charge in [0.1, 0.15) is 5.82 Å². The van der Waals surface area contributed by atoms with Crippen LogP contribution in [0.1, 0.15) is 18.1 Å². The highest BCUT2D eigenvalue weighted by atomic mass is 79.9. The minimum atomic E-state index is 0.352. The lowest BCUT2D eigenvalue weighted by atomic mass is 9.99. The van der Waals surface area contributed by atoms with E-state index in [1.807, 2.05) is 18.2 Å². The number of nitrogens with zero attached hydrogens (tertiary/aromatic N) is 1. The molecule has 3 nitrogen and oxygen atoms in total. The van der Waals surface area contributed by atoms with Gasteiger partial charge in [0.15, 0.2) is 0 Å². The summed E-state index contributed by atoms with van der Waals surface area (Å²) in [7, 11) is 0. The molecule has 0 saturated carbocycles. The molecular weight excluding hydrogens is 314 g/mol. The van der Waals surface area contributed by atoms with Gasteiger partial charge in [-0.3, -0.25) is 0 Å². The number of nitrogens with one attached hydrogen (secondary N) is 1. The molecule has 1 atom stereocenters. The van der Waals surface area contributed by atoms with Crippen LogP contribution in [0.2, 0.25) is 0 Å². The molecule has 4 heteroatoms. The molecule has 0 saturated heterocycles. The summed E-state index contributed by atoms with van der Waals surface area (Å²) in [6, 6.07) is 12.7. The lowest BCUT2D eigenvalue weighted by Crippen LogP contribution is -2.33. The van der Waals surface area contributed by atoms with Gasteiger partial charge in [-0.2, -0.15) is 0 Å². The van der Waals surface area contributed by atoms with E-state index in [2.05, 4.69) is 51.4 Å². The van der Waals surface area contributed by atoms with Crippen molar-refractivity contribution in [2.24, 2.45) is 0 Å². The van der Waals surface area contributed by atoms with E-state index in [1.54, 1.807) is 6.20 Å². The molecule has 3 N–H and O–H groups in total. The van der Waals surface area contributed by atoms with Gasteiger partial charge in [-0.1, -0.05) is 47.1 Å². The zero-order chi connectivity index (χ0) is 14.4. The van der Waals surface area contributed by atoms with Crippen molar-refractivity contribution in [3.05, 3.63) is 58.2 Å². The van der Waals surface area contributed by atoms with E-state index in [0.717, 1.165) is 29.4 Å². The van der Waals surface area contributed by atoms with Gasteiger partial charge in [0.25, 0.3) is 0 Å². The monoisotopic (exact) mass is 333 g/mol. The van der Waals surface area contributed by atoms with Crippen LogP contribution in [0, 0.1) is 0 Å². The summed E-state index contributed by atoms with van der Waals surface area (Å²) in [6.45, 7) is 3.06. The number of nitrogens with two attached hydrogens (primary N) is 1. The van der Waals surface area contributed by atoms with Crippen LogP contribution in [0.15, 0.2) is 47.1 Å². The van der Waals surface area contributed by atoms with Gasteiger partial charge in [0.2, 0.25) is 0 Å². The van der Waals surface area contributed by atoms with Gasteiger partial charge in [-0.25, -0.2) is 4.98 Å². The van der Waals surface area contributed by atoms with Crippen molar-refractivity contribution in [2.45, 2.75) is 25.8 Å². The van der Waals surface area contributed by atoms with Gasteiger partial charge < -0.3 is 11.1 Å². The van der Waals surface area contributed by atoms with Gasteiger partial charge in [0.05, 0.1) is 0 Å². The molecule has 0 amide bonds. The van der Waals surface area contributed by atoms with E-state index in [9.17, 15) is 0 Å². The molecule has 106 valence electrons. The highest BCUT2D eigenvalue weighted by Gasteiger charge is 2.13. The summed E-state index contributed by atoms with van der Waals surface area (Å²) in [6.07, 6.45) is 3.58. The first-order chi connectivity index (χ1) is 9.70. The number of rotatable bonds is 6. The van der Waals surface area contributed by atoms with Crippen molar-refractivity contribution in [1.29, 1.82) is 0 Å². The van der Waals surface area contributed by atoms with E-state index in [1.165, 1.54) is 5.56 Å². The second-order valence-corrected chi connectivity index (χ2v) is 5.66. The van der Waals surface area contributed by atoms with Crippen molar-refractivity contribution in [3.8, 4) is 0 Å². The molecular formula is C16H20BrN3. The molecule has 0 aliphatic carbocycles. The highest BCUT2D eigenvalue weighted by molar-refractivity contribution is 9.10. The predicted molar refractivity (Wildman–Crippen MR) is 87.7 cm³/mol. The molecule has 0 radical (unpaired) electrons. The number of likely N-dealkylation sites (N-methyl/N-ethyl adjacent to an activating group) is 1. The van der Waals surface area contributed by atoms with E-state index in [4.69, 9.17) is 5.73 Å². The topological polar surface area (TPSA) is 50.9 Å². The third-order valence-corrected chi connectivity index (χ3v) is 4.08. The predicted octanol–water partition coefficient (Wildman–Crippen LogP) is 3.19. The molecule has 0 aliphatic heterocycles. The fourth-order valence-corrected chi connectivity index (χ4v) is 2.77. The Morgan fingerprint density at radius 1 is 1.15 bits per heavy atom. The van der Waals surface area contributed by atoms with Crippen LogP contribution in [0.5, 0.6) is 0 Å². The number of hydrogen-bond donors (Lipinski definition) is 2. The van der Waals surface area contributed by atoms with E-state index >= 15 is 0 Å². The number of pyridine rings is 1. The Balaban J connectivity index is 2.12. The number of nitrogen functional groups attached to an aromatic ring is 1. The Morgan fingerprint density at radius 2 is 1.85 bits per heavy atom. The molecule has 0 aliphatic rings. The number of aromatic nitrogens is 1. The summed E-state index contributed by atoms with van der Waals surface area (Å²) in [4.78, 5) is 4.16. The fourth-order valence-electron chi connectivity index (χ4n) is 2.32. The van der Waals surface area contributed by atoms with Crippen molar-refractivity contribution in [1.82, 2.24) is 10.3 Å². The number of hydrogen-bond acceptors (Lipinski definition) is 3. The molecule has 0 spiro atoms. The maximum absolute atomic E-state index is 5.94. The van der Waals surface area contributed by atoms with Gasteiger partial charge >= 0.3 is 0 Å². The van der Waals surface area contributed by atoms with E-state index in [0.29, 0.717) is 11.9 Å². The summed E-state index contributed by atoms with van der Waals surface area (Å²) >= 11 is 3.61. The SMILES string of the molecule is CCNC(Cc1ccccc1Br)Cc1cccnc1N. The Morgan fingerprint density at radius 3 is 2.55 bits per heavy atom. The minimum Gasteiger partial charge on any atom is -0.383 e. The summed E-state index contributed by atoms with van der Waals surface area (Å²) in [5, 5.41) is 3.53. The quantitative estimate of drug-likeness (QED) is 0.853. The Bertz CT molecular complexity index is 509. The van der Waals surface area contributed by atoms with Crippen LogP contribution in [-0.4, -0.2) is 17.6 Å². The number of anilines is 1. The van der Waals surface area contributed by atoms with Crippen LogP contribution in [0.4, 0.5) is 5.82 Å². The van der Waals surface area contributed by atoms with Gasteiger partial charge in [0, 0.05) is 16.7 Å². The fraction of sp³-hybridized carbons (Fsp3) is 0.312. The van der Waals surface area contributed by atoms with Crippen LogP contribution in [-0.2, 0) is 12.8 Å². The maximum Gasteiger partial charge on any atom is 0.126 e. The molecule has 1 heterocycles. The maximum atomic E-state index is 5.94. The Labute approximate surface area is 128 Å². The zero-order valence-corrected chi connectivity index (χ0v) is 13.2. The lowest BCUT2D eigenvalue weighted by Gasteiger charge is -2.19. The second kappa shape index (κ2) is 7.41. The normalized spacial score (nSPS) is 12.3. The molecule has 1 unspecified atom stereocenters. The van der Waals surface area contributed by atoms with E-state index < -0.39 is 0 Å². The van der Waals surface area contributed by atoms with Gasteiger partial charge in [-0.05, 0) is 42.6 Å². The Hall–Kier alpha value is -1.39. The van der Waals surface area contributed by atoms with E-state index in [-0.39, 0.29) is 0 Å². The van der Waals surface area contributed by atoms with Crippen molar-refractivity contribution in [3.63, 3.8) is 0 Å². The Kier molecular flexibility index (Phi) is 5.56. The third-order valence-electron chi connectivity index (χ3n) is 3.31. The minimum absolute atomic E-state index is 0.352. The smallest absolute Gasteiger partial charge is 0.126 e. The van der Waals surface area contributed by atoms with Gasteiger partial charge in [-0.15, -0.1) is 0 Å². The van der Waals surface area contributed by atoms with Crippen molar-refractivity contribution >= 4 is 21.7 Å². The average molecular weight is 334 g/mol. The second-order valence-electron chi connectivity index (χ2n) is 4.80. The van der Waals surface area contributed by atoms with Crippen molar-refractivity contribution in [2.75, 3.05) is 12.3 Å². The molecule has 20 heavy (non-hydrogen) atoms. The van der Waals surface area contributed by atoms with Crippen LogP contribution < -0.4 is 11.1 Å². The van der Waals surface area contributed by atoms with Crippen molar-refractivity contribution < 1.29 is 0 Å². The molecule has 1 aromatic carbocycles. The molecule has 0 bridgehead atoms. The van der Waals surface area contributed by atoms with Crippen LogP contribution in [0.25, 0.3) is 0 Å². The first-order valence-corrected chi connectivity index (χ1v) is 7.66. The van der Waals surface area contributed by atoms with Crippen LogP contribution in [0.3, 0.4) is 0 Å². The number of halogens is 1. The molecule has 0 fully saturated rings. The highest BCUT2D eigenvalue weighted by Crippen LogP contribution is 2.19. The zero-order valence-electron chi connectivity index (χ0n) is 11.6. The third kappa shape index (κ3) is 4.05. The summed E-state index contributed by atoms with van der Waals surface area (Å²) < 4.78 is 1.15. The lowest BCUT2D eigenvalue weighted by molar-refractivity contribution is 0.521. The molecule has 2 rings (SSSR count). The largest absolute Gasteiger partial charge is 0.383 e. The standard InChI is InChI=1S/C16H20BrN3/c1-2-19-14(10-12-6-3-4-8-15(12)17)11-13-7-5-9-20-16(13)18/h3-9,14,19H,2,10-11H2,1H3,(H2,18,20). The molecule has 1 aromatic heterocycles. The van der Waals surface area contributed by atoms with Crippen LogP contribution >= 0.6 is 15.9 Å². The summed E-state index contributed by atoms with van der Waals surface area (Å²) in [5.74, 6) is 0.627. The number of benzene rings is 1.